The first-order chi connectivity index (χ1) is 5.91. The van der Waals surface area contributed by atoms with Crippen LogP contribution in [-0.4, -0.2) is 0 Å². The van der Waals surface area contributed by atoms with Gasteiger partial charge in [-0.3, -0.25) is 0 Å². The van der Waals surface area contributed by atoms with Crippen molar-refractivity contribution < 1.29 is 0 Å². The summed E-state index contributed by atoms with van der Waals surface area (Å²) in [6.07, 6.45) is 13.4. The Morgan fingerprint density at radius 2 is 1.50 bits per heavy atom. The van der Waals surface area contributed by atoms with Gasteiger partial charge in [0.1, 0.15) is 0 Å². The molecular formula is C11H21N. The molecule has 0 aliphatic carbocycles. The first-order valence-electron chi connectivity index (χ1n) is 5.21. The fourth-order valence-corrected chi connectivity index (χ4v) is 1.29. The molecule has 2 radical (unpaired) electrons. The molecule has 0 aliphatic heterocycles. The maximum absolute atomic E-state index is 8.36. The maximum Gasteiger partial charge on any atom is 0.0455 e. The van der Waals surface area contributed by atoms with Gasteiger partial charge in [-0.05, 0) is 12.8 Å². The zero-order valence-electron chi connectivity index (χ0n) is 8.26. The van der Waals surface area contributed by atoms with Crippen LogP contribution >= 0.6 is 0 Å². The summed E-state index contributed by atoms with van der Waals surface area (Å²) in [7, 11) is 0. The normalized spacial score (nSPS) is 11.1. The van der Waals surface area contributed by atoms with Crippen molar-refractivity contribution in [1.29, 1.82) is 0 Å². The number of rotatable bonds is 8. The van der Waals surface area contributed by atoms with Gasteiger partial charge < -0.3 is 0 Å². The summed E-state index contributed by atoms with van der Waals surface area (Å²) in [6.45, 7) is 2.24. The summed E-state index contributed by atoms with van der Waals surface area (Å²) in [4.78, 5) is 0. The predicted octanol–water partition coefficient (Wildman–Crippen LogP) is 3.71. The number of nitrogens with zero attached hydrogens (tertiary/aromatic N) is 1. The van der Waals surface area contributed by atoms with Gasteiger partial charge in [0.05, 0.1) is 0 Å². The minimum absolute atomic E-state index is 1.03. The van der Waals surface area contributed by atoms with Crippen LogP contribution in [0.25, 0.3) is 0 Å². The molecule has 0 aromatic heterocycles. The Morgan fingerprint density at radius 1 is 0.917 bits per heavy atom. The average molecular weight is 167 g/mol. The molecule has 0 rings (SSSR count). The number of unbranched alkanes of at least 4 members (excludes halogenated alkanes) is 7. The van der Waals surface area contributed by atoms with E-state index < -0.39 is 0 Å². The third-order valence-electron chi connectivity index (χ3n) is 2.08. The lowest BCUT2D eigenvalue weighted by Crippen LogP contribution is -1.78. The second-order valence-electron chi connectivity index (χ2n) is 3.29. The van der Waals surface area contributed by atoms with Gasteiger partial charge in [0, 0.05) is 6.20 Å². The molecule has 12 heavy (non-hydrogen) atoms. The predicted molar refractivity (Wildman–Crippen MR) is 53.9 cm³/mol. The van der Waals surface area contributed by atoms with Crippen molar-refractivity contribution in [3.05, 3.63) is 12.3 Å². The van der Waals surface area contributed by atoms with E-state index in [1.54, 1.807) is 0 Å². The Kier molecular flexibility index (Phi) is 10.1. The topological polar surface area (TPSA) is 22.3 Å². The maximum atomic E-state index is 8.36. The molecule has 0 amide bonds. The summed E-state index contributed by atoms with van der Waals surface area (Å²) in [5.41, 5.74) is 8.36. The molecule has 0 fully saturated rings. The number of allylic oxidation sites excluding steroid dienone is 1. The molecule has 0 saturated heterocycles. The SMILES string of the molecule is CCCCCCCCCC=C[N]. The molecular weight excluding hydrogens is 146 g/mol. The first kappa shape index (κ1) is 11.5. The third-order valence-corrected chi connectivity index (χ3v) is 2.08. The molecule has 0 aromatic rings. The Labute approximate surface area is 77.0 Å². The van der Waals surface area contributed by atoms with E-state index >= 15 is 0 Å². The van der Waals surface area contributed by atoms with Gasteiger partial charge >= 0.3 is 0 Å². The molecule has 0 saturated carbocycles. The minimum Gasteiger partial charge on any atom is -0.160 e. The molecule has 0 aliphatic rings. The van der Waals surface area contributed by atoms with Crippen LogP contribution in [-0.2, 0) is 0 Å². The Hall–Kier alpha value is -0.460. The van der Waals surface area contributed by atoms with Gasteiger partial charge in [-0.15, -0.1) is 0 Å². The van der Waals surface area contributed by atoms with E-state index in [0.717, 1.165) is 12.6 Å². The second-order valence-corrected chi connectivity index (χ2v) is 3.29. The van der Waals surface area contributed by atoms with Crippen LogP contribution in [0.5, 0.6) is 0 Å². The molecule has 0 bridgehead atoms. The summed E-state index contributed by atoms with van der Waals surface area (Å²) >= 11 is 0. The van der Waals surface area contributed by atoms with Gasteiger partial charge in [-0.2, -0.15) is 5.73 Å². The van der Waals surface area contributed by atoms with Crippen molar-refractivity contribution in [2.24, 2.45) is 0 Å². The lowest BCUT2D eigenvalue weighted by molar-refractivity contribution is 0.592. The summed E-state index contributed by atoms with van der Waals surface area (Å²) in [5, 5.41) is 0. The molecule has 70 valence electrons. The average Bonchev–Trinajstić information content (AvgIpc) is 2.10. The zero-order valence-corrected chi connectivity index (χ0v) is 8.26. The van der Waals surface area contributed by atoms with Crippen molar-refractivity contribution in [2.45, 2.75) is 58.3 Å². The monoisotopic (exact) mass is 167 g/mol. The Morgan fingerprint density at radius 3 is 2.08 bits per heavy atom. The minimum atomic E-state index is 1.03. The molecule has 1 nitrogen and oxygen atoms in total. The zero-order chi connectivity index (χ0) is 9.07. The van der Waals surface area contributed by atoms with Crippen LogP contribution in [0.4, 0.5) is 0 Å². The van der Waals surface area contributed by atoms with E-state index in [2.05, 4.69) is 6.92 Å². The largest absolute Gasteiger partial charge is 0.160 e. The summed E-state index contributed by atoms with van der Waals surface area (Å²) in [5.74, 6) is 0. The van der Waals surface area contributed by atoms with Crippen LogP contribution in [0.2, 0.25) is 0 Å². The molecule has 1 heteroatoms. The van der Waals surface area contributed by atoms with Crippen LogP contribution in [0, 0.1) is 0 Å². The van der Waals surface area contributed by atoms with Crippen molar-refractivity contribution in [1.82, 2.24) is 5.73 Å². The van der Waals surface area contributed by atoms with E-state index in [1.807, 2.05) is 6.08 Å². The Bertz CT molecular complexity index is 97.2. The highest BCUT2D eigenvalue weighted by Gasteiger charge is 1.88. The molecule has 0 atom stereocenters. The molecule has 0 spiro atoms. The van der Waals surface area contributed by atoms with Crippen molar-refractivity contribution in [3.8, 4) is 0 Å². The Balaban J connectivity index is 2.81. The fourth-order valence-electron chi connectivity index (χ4n) is 1.29. The fraction of sp³-hybridized carbons (Fsp3) is 0.818. The van der Waals surface area contributed by atoms with Crippen LogP contribution in [0.15, 0.2) is 12.3 Å². The van der Waals surface area contributed by atoms with E-state index in [0.29, 0.717) is 0 Å². The van der Waals surface area contributed by atoms with Gasteiger partial charge in [-0.25, -0.2) is 0 Å². The number of hydrogen-bond donors (Lipinski definition) is 0. The second kappa shape index (κ2) is 10.5. The summed E-state index contributed by atoms with van der Waals surface area (Å²) in [6, 6.07) is 0. The standard InChI is InChI=1S/C11H21N/c1-2-3-4-5-6-7-8-9-10-11-12/h10-11H,2-9H2,1H3. The number of hydrogen-bond acceptors (Lipinski definition) is 0. The molecule has 0 unspecified atom stereocenters. The lowest BCUT2D eigenvalue weighted by atomic mass is 10.1. The van der Waals surface area contributed by atoms with E-state index in [-0.39, 0.29) is 0 Å². The van der Waals surface area contributed by atoms with Crippen LogP contribution in [0.1, 0.15) is 58.3 Å². The van der Waals surface area contributed by atoms with Crippen molar-refractivity contribution in [3.63, 3.8) is 0 Å². The van der Waals surface area contributed by atoms with E-state index in [1.165, 1.54) is 44.9 Å². The smallest absolute Gasteiger partial charge is 0.0455 e. The molecule has 0 N–H and O–H groups in total. The van der Waals surface area contributed by atoms with E-state index in [9.17, 15) is 0 Å². The molecule has 0 heterocycles. The quantitative estimate of drug-likeness (QED) is 0.492. The highest BCUT2D eigenvalue weighted by molar-refractivity contribution is 4.74. The van der Waals surface area contributed by atoms with Crippen molar-refractivity contribution in [2.75, 3.05) is 0 Å². The van der Waals surface area contributed by atoms with Gasteiger partial charge in [-0.1, -0.05) is 51.5 Å². The van der Waals surface area contributed by atoms with E-state index in [4.69, 9.17) is 5.73 Å². The van der Waals surface area contributed by atoms with Gasteiger partial charge in [0.15, 0.2) is 0 Å². The molecule has 0 aromatic carbocycles. The van der Waals surface area contributed by atoms with Crippen molar-refractivity contribution >= 4 is 0 Å². The third kappa shape index (κ3) is 9.54. The van der Waals surface area contributed by atoms with Crippen LogP contribution < -0.4 is 5.73 Å². The van der Waals surface area contributed by atoms with Crippen LogP contribution in [0.3, 0.4) is 0 Å². The highest BCUT2D eigenvalue weighted by atomic mass is 14.5. The summed E-state index contributed by atoms with van der Waals surface area (Å²) < 4.78 is 0. The van der Waals surface area contributed by atoms with Gasteiger partial charge in [0.25, 0.3) is 0 Å². The highest BCUT2D eigenvalue weighted by Crippen LogP contribution is 2.08. The lowest BCUT2D eigenvalue weighted by Gasteiger charge is -1.98. The first-order valence-corrected chi connectivity index (χ1v) is 5.21. The van der Waals surface area contributed by atoms with Gasteiger partial charge in [0.2, 0.25) is 0 Å².